The third-order valence-corrected chi connectivity index (χ3v) is 3.72. The number of hydrogen-bond donors (Lipinski definition) is 1. The van der Waals surface area contributed by atoms with E-state index in [2.05, 4.69) is 16.6 Å². The fraction of sp³-hybridized carbons (Fsp3) is 0.500. The van der Waals surface area contributed by atoms with Gasteiger partial charge in [-0.2, -0.15) is 0 Å². The first-order valence-corrected chi connectivity index (χ1v) is 8.60. The second kappa shape index (κ2) is 11.1. The van der Waals surface area contributed by atoms with E-state index in [-0.39, 0.29) is 35.5 Å². The average molecular weight is 363 g/mol. The number of carbonyl (C=O) groups excluding carboxylic acids is 2. The van der Waals surface area contributed by atoms with E-state index >= 15 is 0 Å². The fourth-order valence-corrected chi connectivity index (χ4v) is 2.22. The maximum Gasteiger partial charge on any atom is 0.305 e. The number of halogens is 1. The van der Waals surface area contributed by atoms with E-state index in [1.807, 2.05) is 13.8 Å². The number of ether oxygens (including phenoxy) is 2. The van der Waals surface area contributed by atoms with E-state index in [0.717, 1.165) is 5.56 Å². The summed E-state index contributed by atoms with van der Waals surface area (Å²) in [6.07, 6.45) is 2.20. The molecular formula is C20H26FNO4. The Balaban J connectivity index is 2.67. The Morgan fingerprint density at radius 3 is 2.69 bits per heavy atom. The van der Waals surface area contributed by atoms with Crippen LogP contribution in [0.2, 0.25) is 0 Å². The van der Waals surface area contributed by atoms with Gasteiger partial charge in [0.15, 0.2) is 11.6 Å². The molecule has 0 saturated heterocycles. The van der Waals surface area contributed by atoms with Gasteiger partial charge in [-0.1, -0.05) is 18.8 Å². The molecule has 0 aromatic heterocycles. The first-order chi connectivity index (χ1) is 12.3. The quantitative estimate of drug-likeness (QED) is 0.415. The van der Waals surface area contributed by atoms with Crippen molar-refractivity contribution in [3.8, 4) is 17.6 Å². The first kappa shape index (κ1) is 21.5. The summed E-state index contributed by atoms with van der Waals surface area (Å²) >= 11 is 0. The molecular weight excluding hydrogens is 337 g/mol. The summed E-state index contributed by atoms with van der Waals surface area (Å²) in [5.74, 6) is 4.75. The number of amides is 1. The molecule has 0 saturated carbocycles. The lowest BCUT2D eigenvalue weighted by atomic mass is 10.1. The van der Waals surface area contributed by atoms with E-state index in [9.17, 15) is 14.0 Å². The predicted molar refractivity (Wildman–Crippen MR) is 97.0 cm³/mol. The normalized spacial score (nSPS) is 11.2. The summed E-state index contributed by atoms with van der Waals surface area (Å²) in [4.78, 5) is 21.8. The summed E-state index contributed by atoms with van der Waals surface area (Å²) in [6, 6.07) is 3.28. The second-order valence-electron chi connectivity index (χ2n) is 6.28. The van der Waals surface area contributed by atoms with Crippen LogP contribution in [-0.2, 0) is 14.3 Å². The maximum absolute atomic E-state index is 14.5. The van der Waals surface area contributed by atoms with Crippen molar-refractivity contribution in [2.75, 3.05) is 13.7 Å². The van der Waals surface area contributed by atoms with Crippen molar-refractivity contribution in [3.05, 3.63) is 29.1 Å². The van der Waals surface area contributed by atoms with Crippen molar-refractivity contribution >= 4 is 11.9 Å². The zero-order valence-electron chi connectivity index (χ0n) is 15.6. The van der Waals surface area contributed by atoms with E-state index < -0.39 is 5.82 Å². The van der Waals surface area contributed by atoms with E-state index in [1.54, 1.807) is 12.1 Å². The Labute approximate surface area is 154 Å². The minimum absolute atomic E-state index is 0.0790. The minimum Gasteiger partial charge on any atom is -0.490 e. The molecule has 2 N–H and O–H groups in total. The summed E-state index contributed by atoms with van der Waals surface area (Å²) in [5.41, 5.74) is 6.23. The van der Waals surface area contributed by atoms with Gasteiger partial charge in [-0.3, -0.25) is 9.59 Å². The SMILES string of the molecule is COC(=O)CCCC#Cc1cc(C)cc(OC[C@@H](C)CCC(N)=O)c1F. The number of nitrogens with two attached hydrogens (primary N) is 1. The molecule has 0 fully saturated rings. The van der Waals surface area contributed by atoms with E-state index in [0.29, 0.717) is 32.3 Å². The number of esters is 1. The highest BCUT2D eigenvalue weighted by molar-refractivity contribution is 5.73. The van der Waals surface area contributed by atoms with Crippen molar-refractivity contribution in [3.63, 3.8) is 0 Å². The molecule has 142 valence electrons. The third-order valence-electron chi connectivity index (χ3n) is 3.72. The van der Waals surface area contributed by atoms with Crippen LogP contribution in [0.15, 0.2) is 12.1 Å². The number of rotatable bonds is 9. The van der Waals surface area contributed by atoms with Crippen LogP contribution >= 0.6 is 0 Å². The number of hydrogen-bond acceptors (Lipinski definition) is 4. The molecule has 0 unspecified atom stereocenters. The lowest BCUT2D eigenvalue weighted by Gasteiger charge is -2.14. The van der Waals surface area contributed by atoms with E-state index in [4.69, 9.17) is 10.5 Å². The predicted octanol–water partition coefficient (Wildman–Crippen LogP) is 3.11. The lowest BCUT2D eigenvalue weighted by molar-refractivity contribution is -0.140. The Kier molecular flexibility index (Phi) is 9.21. The van der Waals surface area contributed by atoms with Crippen molar-refractivity contribution in [2.45, 2.75) is 46.0 Å². The van der Waals surface area contributed by atoms with Crippen LogP contribution in [-0.4, -0.2) is 25.6 Å². The summed E-state index contributed by atoms with van der Waals surface area (Å²) in [7, 11) is 1.34. The topological polar surface area (TPSA) is 78.6 Å². The molecule has 1 aromatic carbocycles. The Morgan fingerprint density at radius 2 is 2.04 bits per heavy atom. The van der Waals surface area contributed by atoms with Gasteiger partial charge in [-0.15, -0.1) is 0 Å². The summed E-state index contributed by atoms with van der Waals surface area (Å²) < 4.78 is 24.7. The van der Waals surface area contributed by atoms with Gasteiger partial charge in [-0.25, -0.2) is 4.39 Å². The number of carbonyl (C=O) groups is 2. The van der Waals surface area contributed by atoms with Gasteiger partial charge in [-0.05, 0) is 43.4 Å². The van der Waals surface area contributed by atoms with Crippen molar-refractivity contribution in [1.29, 1.82) is 0 Å². The van der Waals surface area contributed by atoms with Crippen LogP contribution in [0.3, 0.4) is 0 Å². The van der Waals surface area contributed by atoms with Gasteiger partial charge < -0.3 is 15.2 Å². The van der Waals surface area contributed by atoms with Crippen LogP contribution in [0.4, 0.5) is 4.39 Å². The van der Waals surface area contributed by atoms with Crippen LogP contribution in [0, 0.1) is 30.5 Å². The molecule has 1 aromatic rings. The largest absolute Gasteiger partial charge is 0.490 e. The molecule has 0 radical (unpaired) electrons. The number of unbranched alkanes of at least 4 members (excludes halogenated alkanes) is 1. The van der Waals surface area contributed by atoms with E-state index in [1.165, 1.54) is 7.11 Å². The molecule has 0 spiro atoms. The number of primary amides is 1. The zero-order valence-corrected chi connectivity index (χ0v) is 15.6. The minimum atomic E-state index is -0.502. The van der Waals surface area contributed by atoms with Crippen LogP contribution in [0.25, 0.3) is 0 Å². The molecule has 5 nitrogen and oxygen atoms in total. The standard InChI is InChI=1S/C20H26FNO4/c1-14(9-10-18(22)23)13-26-17-12-15(2)11-16(20(17)21)7-5-4-6-8-19(24)25-3/h11-12,14H,4,6,8-10,13H2,1-3H3,(H2,22,23)/t14-/m0/s1. The second-order valence-corrected chi connectivity index (χ2v) is 6.28. The fourth-order valence-electron chi connectivity index (χ4n) is 2.22. The summed E-state index contributed by atoms with van der Waals surface area (Å²) in [6.45, 7) is 4.05. The van der Waals surface area contributed by atoms with Gasteiger partial charge >= 0.3 is 5.97 Å². The number of aryl methyl sites for hydroxylation is 1. The molecule has 0 heterocycles. The smallest absolute Gasteiger partial charge is 0.305 e. The highest BCUT2D eigenvalue weighted by atomic mass is 19.1. The highest BCUT2D eigenvalue weighted by Gasteiger charge is 2.12. The monoisotopic (exact) mass is 363 g/mol. The van der Waals surface area contributed by atoms with Crippen LogP contribution in [0.1, 0.15) is 50.2 Å². The molecule has 0 aliphatic carbocycles. The molecule has 0 bridgehead atoms. The molecule has 0 aliphatic rings. The molecule has 0 aliphatic heterocycles. The van der Waals surface area contributed by atoms with Gasteiger partial charge in [0.2, 0.25) is 5.91 Å². The molecule has 1 atom stereocenters. The molecule has 1 rings (SSSR count). The number of benzene rings is 1. The molecule has 1 amide bonds. The van der Waals surface area contributed by atoms with Crippen molar-refractivity contribution in [2.24, 2.45) is 11.7 Å². The van der Waals surface area contributed by atoms with Crippen molar-refractivity contribution < 1.29 is 23.5 Å². The Hall–Kier alpha value is -2.55. The molecule has 6 heteroatoms. The molecule has 26 heavy (non-hydrogen) atoms. The third kappa shape index (κ3) is 8.02. The first-order valence-electron chi connectivity index (χ1n) is 8.60. The summed E-state index contributed by atoms with van der Waals surface area (Å²) in [5, 5.41) is 0. The lowest BCUT2D eigenvalue weighted by Crippen LogP contribution is -2.15. The Bertz CT molecular complexity index is 691. The van der Waals surface area contributed by atoms with Gasteiger partial charge in [0.25, 0.3) is 0 Å². The van der Waals surface area contributed by atoms with Gasteiger partial charge in [0.05, 0.1) is 19.3 Å². The van der Waals surface area contributed by atoms with Gasteiger partial charge in [0, 0.05) is 19.3 Å². The maximum atomic E-state index is 14.5. The van der Waals surface area contributed by atoms with Crippen molar-refractivity contribution in [1.82, 2.24) is 0 Å². The number of methoxy groups -OCH3 is 1. The Morgan fingerprint density at radius 1 is 1.31 bits per heavy atom. The van der Waals surface area contributed by atoms with Crippen LogP contribution < -0.4 is 10.5 Å². The van der Waals surface area contributed by atoms with Crippen LogP contribution in [0.5, 0.6) is 5.75 Å². The zero-order chi connectivity index (χ0) is 19.5. The highest BCUT2D eigenvalue weighted by Crippen LogP contribution is 2.23. The average Bonchev–Trinajstić information content (AvgIpc) is 2.60. The van der Waals surface area contributed by atoms with Gasteiger partial charge in [0.1, 0.15) is 0 Å².